The third kappa shape index (κ3) is 2.78. The van der Waals surface area contributed by atoms with Crippen molar-refractivity contribution in [1.29, 1.82) is 0 Å². The molecule has 1 aliphatic carbocycles. The molecule has 1 fully saturated rings. The van der Waals surface area contributed by atoms with E-state index in [0.717, 1.165) is 19.3 Å². The van der Waals surface area contributed by atoms with Crippen LogP contribution in [0.3, 0.4) is 0 Å². The summed E-state index contributed by atoms with van der Waals surface area (Å²) >= 11 is 3.24. The smallest absolute Gasteiger partial charge is 0.288 e. The van der Waals surface area contributed by atoms with Crippen molar-refractivity contribution in [2.24, 2.45) is 11.7 Å². The lowest BCUT2D eigenvalue weighted by molar-refractivity contribution is -0.385. The molecule has 0 radical (unpaired) electrons. The number of hydrogen-bond acceptors (Lipinski definition) is 5. The van der Waals surface area contributed by atoms with Gasteiger partial charge in [-0.25, -0.2) is 4.98 Å². The largest absolute Gasteiger partial charge is 0.473 e. The Labute approximate surface area is 113 Å². The first-order valence-corrected chi connectivity index (χ1v) is 6.57. The fourth-order valence-electron chi connectivity index (χ4n) is 2.17. The molecule has 1 heterocycles. The molecule has 0 bridgehead atoms. The maximum atomic E-state index is 10.6. The Morgan fingerprint density at radius 1 is 1.61 bits per heavy atom. The van der Waals surface area contributed by atoms with Gasteiger partial charge < -0.3 is 10.5 Å². The van der Waals surface area contributed by atoms with Gasteiger partial charge in [0, 0.05) is 12.0 Å². The van der Waals surface area contributed by atoms with Crippen LogP contribution in [-0.2, 0) is 0 Å². The topological polar surface area (TPSA) is 91.3 Å². The van der Waals surface area contributed by atoms with Crippen LogP contribution in [0.1, 0.15) is 19.3 Å². The number of rotatable bonds is 4. The van der Waals surface area contributed by atoms with Crippen molar-refractivity contribution >= 4 is 21.6 Å². The zero-order chi connectivity index (χ0) is 13.1. The summed E-state index contributed by atoms with van der Waals surface area (Å²) in [4.78, 5) is 14.1. The summed E-state index contributed by atoms with van der Waals surface area (Å²) < 4.78 is 6.28. The molecule has 1 aliphatic rings. The highest BCUT2D eigenvalue weighted by Gasteiger charge is 2.28. The van der Waals surface area contributed by atoms with E-state index in [-0.39, 0.29) is 11.8 Å². The third-order valence-electron chi connectivity index (χ3n) is 3.16. The molecule has 98 valence electrons. The van der Waals surface area contributed by atoms with Crippen LogP contribution < -0.4 is 10.5 Å². The van der Waals surface area contributed by atoms with Crippen molar-refractivity contribution in [1.82, 2.24) is 4.98 Å². The summed E-state index contributed by atoms with van der Waals surface area (Å²) in [6.45, 7) is 0.593. The maximum Gasteiger partial charge on any atom is 0.288 e. The Hall–Kier alpha value is -1.21. The van der Waals surface area contributed by atoms with Gasteiger partial charge in [-0.1, -0.05) is 0 Å². The molecule has 2 atom stereocenters. The standard InChI is InChI=1S/C11H14BrN3O3/c12-9-4-8(15(16)17)6-14-11(9)18-10-3-1-2-7(10)5-13/h4,6-7,10H,1-3,5,13H2. The molecule has 7 heteroatoms. The lowest BCUT2D eigenvalue weighted by Gasteiger charge is -2.19. The molecule has 2 unspecified atom stereocenters. The number of pyridine rings is 1. The molecule has 18 heavy (non-hydrogen) atoms. The molecular weight excluding hydrogens is 302 g/mol. The fourth-order valence-corrected chi connectivity index (χ4v) is 2.60. The normalized spacial score (nSPS) is 23.0. The highest BCUT2D eigenvalue weighted by molar-refractivity contribution is 9.10. The SMILES string of the molecule is NCC1CCCC1Oc1ncc([N+](=O)[O-])cc1Br. The number of aromatic nitrogens is 1. The van der Waals surface area contributed by atoms with E-state index in [2.05, 4.69) is 20.9 Å². The molecule has 0 spiro atoms. The first-order valence-electron chi connectivity index (χ1n) is 5.78. The van der Waals surface area contributed by atoms with E-state index in [4.69, 9.17) is 10.5 Å². The van der Waals surface area contributed by atoms with E-state index in [0.29, 0.717) is 22.8 Å². The third-order valence-corrected chi connectivity index (χ3v) is 3.73. The summed E-state index contributed by atoms with van der Waals surface area (Å²) in [6, 6.07) is 1.40. The van der Waals surface area contributed by atoms with Crippen LogP contribution >= 0.6 is 15.9 Å². The van der Waals surface area contributed by atoms with Gasteiger partial charge in [-0.05, 0) is 41.7 Å². The van der Waals surface area contributed by atoms with Crippen LogP contribution in [0, 0.1) is 16.0 Å². The highest BCUT2D eigenvalue weighted by atomic mass is 79.9. The summed E-state index contributed by atoms with van der Waals surface area (Å²) in [7, 11) is 0. The van der Waals surface area contributed by atoms with E-state index < -0.39 is 4.92 Å². The number of nitrogens with zero attached hydrogens (tertiary/aromatic N) is 2. The van der Waals surface area contributed by atoms with Crippen LogP contribution in [0.4, 0.5) is 5.69 Å². The fraction of sp³-hybridized carbons (Fsp3) is 0.545. The van der Waals surface area contributed by atoms with Crippen molar-refractivity contribution in [2.45, 2.75) is 25.4 Å². The predicted octanol–water partition coefficient (Wildman–Crippen LogP) is 2.26. The highest BCUT2D eigenvalue weighted by Crippen LogP contribution is 2.32. The van der Waals surface area contributed by atoms with Crippen LogP contribution in [0.15, 0.2) is 16.7 Å². The second-order valence-electron chi connectivity index (χ2n) is 4.32. The van der Waals surface area contributed by atoms with Gasteiger partial charge in [-0.2, -0.15) is 0 Å². The Bertz CT molecular complexity index is 455. The summed E-state index contributed by atoms with van der Waals surface area (Å²) in [5.74, 6) is 0.736. The van der Waals surface area contributed by atoms with Gasteiger partial charge in [0.25, 0.3) is 5.69 Å². The predicted molar refractivity (Wildman–Crippen MR) is 69.4 cm³/mol. The van der Waals surface area contributed by atoms with Gasteiger partial charge in [0.1, 0.15) is 12.3 Å². The summed E-state index contributed by atoms with van der Waals surface area (Å²) in [5.41, 5.74) is 5.62. The van der Waals surface area contributed by atoms with E-state index >= 15 is 0 Å². The molecule has 2 rings (SSSR count). The molecule has 2 N–H and O–H groups in total. The Balaban J connectivity index is 2.12. The molecule has 0 saturated heterocycles. The van der Waals surface area contributed by atoms with E-state index in [9.17, 15) is 10.1 Å². The number of ether oxygens (including phenoxy) is 1. The molecule has 0 aromatic carbocycles. The maximum absolute atomic E-state index is 10.6. The van der Waals surface area contributed by atoms with Gasteiger partial charge in [0.05, 0.1) is 9.40 Å². The Kier molecular flexibility index (Phi) is 4.13. The lowest BCUT2D eigenvalue weighted by atomic mass is 10.1. The number of nitro groups is 1. The van der Waals surface area contributed by atoms with Crippen molar-refractivity contribution in [3.05, 3.63) is 26.9 Å². The van der Waals surface area contributed by atoms with Crippen LogP contribution in [-0.4, -0.2) is 22.6 Å². The van der Waals surface area contributed by atoms with E-state index in [1.54, 1.807) is 0 Å². The molecule has 0 aliphatic heterocycles. The Morgan fingerprint density at radius 2 is 2.39 bits per heavy atom. The lowest BCUT2D eigenvalue weighted by Crippen LogP contribution is -2.28. The molecule has 0 amide bonds. The van der Waals surface area contributed by atoms with Crippen LogP contribution in [0.5, 0.6) is 5.88 Å². The second-order valence-corrected chi connectivity index (χ2v) is 5.17. The quantitative estimate of drug-likeness (QED) is 0.679. The first kappa shape index (κ1) is 13.2. The van der Waals surface area contributed by atoms with Crippen molar-refractivity contribution < 1.29 is 9.66 Å². The van der Waals surface area contributed by atoms with Gasteiger partial charge >= 0.3 is 0 Å². The number of halogens is 1. The van der Waals surface area contributed by atoms with Crippen LogP contribution in [0.25, 0.3) is 0 Å². The van der Waals surface area contributed by atoms with Crippen LogP contribution in [0.2, 0.25) is 0 Å². The summed E-state index contributed by atoms with van der Waals surface area (Å²) in [6.07, 6.45) is 4.36. The average molecular weight is 316 g/mol. The minimum atomic E-state index is -0.486. The molecule has 1 saturated carbocycles. The molecule has 1 aromatic rings. The van der Waals surface area contributed by atoms with Gasteiger partial charge in [-0.3, -0.25) is 10.1 Å². The first-order chi connectivity index (χ1) is 8.61. The zero-order valence-electron chi connectivity index (χ0n) is 9.71. The minimum absolute atomic E-state index is 0.0558. The van der Waals surface area contributed by atoms with Crippen molar-refractivity contribution in [2.75, 3.05) is 6.54 Å². The van der Waals surface area contributed by atoms with Gasteiger partial charge in [0.2, 0.25) is 5.88 Å². The average Bonchev–Trinajstić information content (AvgIpc) is 2.78. The molecule has 1 aromatic heterocycles. The van der Waals surface area contributed by atoms with Crippen molar-refractivity contribution in [3.63, 3.8) is 0 Å². The second kappa shape index (κ2) is 5.62. The number of hydrogen-bond donors (Lipinski definition) is 1. The minimum Gasteiger partial charge on any atom is -0.473 e. The molecule has 6 nitrogen and oxygen atoms in total. The monoisotopic (exact) mass is 315 g/mol. The van der Waals surface area contributed by atoms with E-state index in [1.165, 1.54) is 12.3 Å². The van der Waals surface area contributed by atoms with E-state index in [1.807, 2.05) is 0 Å². The zero-order valence-corrected chi connectivity index (χ0v) is 11.3. The van der Waals surface area contributed by atoms with Gasteiger partial charge in [0.15, 0.2) is 0 Å². The van der Waals surface area contributed by atoms with Gasteiger partial charge in [-0.15, -0.1) is 0 Å². The number of nitrogens with two attached hydrogens (primary N) is 1. The Morgan fingerprint density at radius 3 is 3.00 bits per heavy atom. The summed E-state index contributed by atoms with van der Waals surface area (Å²) in [5, 5.41) is 10.6. The molecular formula is C11H14BrN3O3. The van der Waals surface area contributed by atoms with Crippen molar-refractivity contribution in [3.8, 4) is 5.88 Å².